The monoisotopic (exact) mass is 401 g/mol. The molecule has 0 aliphatic carbocycles. The molecule has 0 amide bonds. The zero-order valence-corrected chi connectivity index (χ0v) is 16.3. The van der Waals surface area contributed by atoms with E-state index in [0.717, 1.165) is 22.2 Å². The smallest absolute Gasteiger partial charge is 0.248 e. The average Bonchev–Trinajstić information content (AvgIpc) is 3.07. The molecule has 1 atom stereocenters. The number of aromatic amines is 1. The minimum absolute atomic E-state index is 0.000914. The van der Waals surface area contributed by atoms with Crippen molar-refractivity contribution in [2.45, 2.75) is 13.0 Å². The van der Waals surface area contributed by atoms with Crippen molar-refractivity contribution in [3.63, 3.8) is 0 Å². The van der Waals surface area contributed by atoms with E-state index in [1.165, 1.54) is 6.07 Å². The van der Waals surface area contributed by atoms with Crippen molar-refractivity contribution >= 4 is 28.6 Å². The van der Waals surface area contributed by atoms with Gasteiger partial charge in [0, 0.05) is 31.1 Å². The van der Waals surface area contributed by atoms with E-state index in [1.54, 1.807) is 6.20 Å². The molecule has 4 rings (SSSR count). The van der Waals surface area contributed by atoms with E-state index in [2.05, 4.69) is 20.3 Å². The molecule has 0 aliphatic rings. The van der Waals surface area contributed by atoms with E-state index in [-0.39, 0.29) is 34.7 Å². The fraction of sp³-hybridized carbons (Fsp3) is 0.150. The van der Waals surface area contributed by atoms with Crippen molar-refractivity contribution in [2.24, 2.45) is 7.05 Å². The van der Waals surface area contributed by atoms with Crippen molar-refractivity contribution in [3.8, 4) is 17.2 Å². The van der Waals surface area contributed by atoms with E-state index in [0.29, 0.717) is 5.69 Å². The number of aryl methyl sites for hydroxylation is 1. The zero-order valence-electron chi connectivity index (χ0n) is 16.3. The summed E-state index contributed by atoms with van der Waals surface area (Å²) in [6.07, 6.45) is 3.51. The van der Waals surface area contributed by atoms with E-state index < -0.39 is 0 Å². The van der Waals surface area contributed by atoms with Crippen LogP contribution in [-0.4, -0.2) is 24.5 Å². The molecule has 0 fully saturated rings. The van der Waals surface area contributed by atoms with Crippen LogP contribution in [-0.2, 0) is 7.05 Å². The lowest BCUT2D eigenvalue weighted by atomic mass is 10.0. The number of nitrogens with zero attached hydrogens (tertiary/aromatic N) is 5. The molecule has 0 spiro atoms. The third kappa shape index (κ3) is 3.29. The summed E-state index contributed by atoms with van der Waals surface area (Å²) < 4.78 is 1.96. The van der Waals surface area contributed by atoms with Crippen LogP contribution in [0.5, 0.6) is 0 Å². The molecule has 10 heteroatoms. The number of aromatic nitrogens is 5. The van der Waals surface area contributed by atoms with Crippen molar-refractivity contribution in [2.75, 3.05) is 16.8 Å². The third-order valence-corrected chi connectivity index (χ3v) is 4.81. The largest absolute Gasteiger partial charge is 0.382 e. The van der Waals surface area contributed by atoms with Gasteiger partial charge in [-0.2, -0.15) is 15.2 Å². The topological polar surface area (TPSA) is 164 Å². The lowest BCUT2D eigenvalue weighted by molar-refractivity contribution is 0.839. The molecule has 1 unspecified atom stereocenters. The Labute approximate surface area is 171 Å². The van der Waals surface area contributed by atoms with Crippen LogP contribution in [0.4, 0.5) is 17.6 Å². The first-order valence-corrected chi connectivity index (χ1v) is 9.12. The van der Waals surface area contributed by atoms with Gasteiger partial charge in [0.25, 0.3) is 0 Å². The average molecular weight is 401 g/mol. The van der Waals surface area contributed by atoms with Crippen LogP contribution in [0.1, 0.15) is 24.2 Å². The number of hydrogen-bond acceptors (Lipinski definition) is 8. The van der Waals surface area contributed by atoms with Gasteiger partial charge >= 0.3 is 0 Å². The van der Waals surface area contributed by atoms with Gasteiger partial charge in [-0.3, -0.25) is 4.79 Å². The summed E-state index contributed by atoms with van der Waals surface area (Å²) in [6, 6.07) is 8.84. The van der Waals surface area contributed by atoms with Gasteiger partial charge in [-0.25, -0.2) is 4.98 Å². The maximum absolute atomic E-state index is 11.9. The summed E-state index contributed by atoms with van der Waals surface area (Å²) >= 11 is 0. The van der Waals surface area contributed by atoms with Gasteiger partial charge in [0.05, 0.1) is 22.8 Å². The van der Waals surface area contributed by atoms with E-state index >= 15 is 0 Å². The van der Waals surface area contributed by atoms with E-state index in [1.807, 2.05) is 49.0 Å². The Morgan fingerprint density at radius 3 is 2.77 bits per heavy atom. The predicted octanol–water partition coefficient (Wildman–Crippen LogP) is 1.93. The number of nitrogens with one attached hydrogen (secondary N) is 2. The van der Waals surface area contributed by atoms with Crippen LogP contribution in [0.25, 0.3) is 22.2 Å². The predicted molar refractivity (Wildman–Crippen MR) is 114 cm³/mol. The Hall–Kier alpha value is -4.39. The Bertz CT molecular complexity index is 1360. The van der Waals surface area contributed by atoms with E-state index in [4.69, 9.17) is 16.5 Å². The van der Waals surface area contributed by atoms with Crippen LogP contribution in [0.3, 0.4) is 0 Å². The van der Waals surface area contributed by atoms with Gasteiger partial charge in [0.2, 0.25) is 11.5 Å². The third-order valence-electron chi connectivity index (χ3n) is 4.81. The lowest BCUT2D eigenvalue weighted by Crippen LogP contribution is -2.15. The first-order chi connectivity index (χ1) is 14.4. The minimum atomic E-state index is -0.385. The first kappa shape index (κ1) is 18.9. The molecular weight excluding hydrogens is 382 g/mol. The normalized spacial score (nSPS) is 11.9. The molecular formula is C20H19N9O. The Morgan fingerprint density at radius 1 is 1.23 bits per heavy atom. The molecule has 0 aliphatic heterocycles. The van der Waals surface area contributed by atoms with Crippen LogP contribution in [0.15, 0.2) is 41.5 Å². The van der Waals surface area contributed by atoms with Gasteiger partial charge in [-0.05, 0) is 30.7 Å². The summed E-state index contributed by atoms with van der Waals surface area (Å²) in [4.78, 5) is 27.3. The Balaban J connectivity index is 1.87. The van der Waals surface area contributed by atoms with Crippen molar-refractivity contribution in [3.05, 3.63) is 58.3 Å². The highest BCUT2D eigenvalue weighted by molar-refractivity contribution is 5.83. The highest BCUT2D eigenvalue weighted by Crippen LogP contribution is 2.32. The number of hydrogen-bond donors (Lipinski definition) is 4. The number of anilines is 3. The lowest BCUT2D eigenvalue weighted by Gasteiger charge is -2.19. The number of H-pyrrole nitrogens is 1. The van der Waals surface area contributed by atoms with Crippen LogP contribution in [0, 0.1) is 11.3 Å². The fourth-order valence-corrected chi connectivity index (χ4v) is 3.36. The Morgan fingerprint density at radius 2 is 2.03 bits per heavy atom. The molecule has 150 valence electrons. The molecule has 0 aromatic carbocycles. The number of pyridine rings is 2. The number of nitrogens with two attached hydrogens (primary N) is 2. The SMILES string of the molecule is CC(Nc1nc(N)nc(N)c1C#N)c1nc2ccn(C)c2cc1-c1cc[nH]c(=O)c1. The van der Waals surface area contributed by atoms with Gasteiger partial charge in [0.1, 0.15) is 17.5 Å². The molecule has 0 saturated heterocycles. The van der Waals surface area contributed by atoms with Gasteiger partial charge in [-0.1, -0.05) is 0 Å². The van der Waals surface area contributed by atoms with Gasteiger partial charge in [0.15, 0.2) is 5.82 Å². The number of nitriles is 1. The van der Waals surface area contributed by atoms with E-state index in [9.17, 15) is 10.1 Å². The van der Waals surface area contributed by atoms with Crippen molar-refractivity contribution < 1.29 is 0 Å². The van der Waals surface area contributed by atoms with Crippen LogP contribution < -0.4 is 22.3 Å². The van der Waals surface area contributed by atoms with Gasteiger partial charge < -0.3 is 26.3 Å². The summed E-state index contributed by atoms with van der Waals surface area (Å²) in [7, 11) is 1.93. The molecule has 0 bridgehead atoms. The quantitative estimate of drug-likeness (QED) is 0.403. The molecule has 0 saturated carbocycles. The molecule has 0 radical (unpaired) electrons. The molecule has 10 nitrogen and oxygen atoms in total. The van der Waals surface area contributed by atoms with Crippen molar-refractivity contribution in [1.29, 1.82) is 5.26 Å². The second kappa shape index (κ2) is 7.21. The summed E-state index contributed by atoms with van der Waals surface area (Å²) in [5, 5.41) is 12.6. The minimum Gasteiger partial charge on any atom is -0.382 e. The van der Waals surface area contributed by atoms with Crippen LogP contribution >= 0.6 is 0 Å². The standard InChI is InChI=1S/C20H19N9O/c1-10(25-19-13(9-21)18(22)27-20(23)28-19)17-12(11-3-5-24-16(30)7-11)8-15-14(26-17)4-6-29(15)2/h3-8,10H,1-2H3,(H,24,30)(H5,22,23,25,27,28). The van der Waals surface area contributed by atoms with Crippen molar-refractivity contribution in [1.82, 2.24) is 24.5 Å². The number of fused-ring (bicyclic) bond motifs is 1. The number of rotatable bonds is 4. The van der Waals surface area contributed by atoms with Crippen LogP contribution in [0.2, 0.25) is 0 Å². The van der Waals surface area contributed by atoms with Gasteiger partial charge in [-0.15, -0.1) is 0 Å². The summed E-state index contributed by atoms with van der Waals surface area (Å²) in [5.74, 6) is 0.185. The Kier molecular flexibility index (Phi) is 4.56. The maximum atomic E-state index is 11.9. The fourth-order valence-electron chi connectivity index (χ4n) is 3.36. The molecule has 4 heterocycles. The first-order valence-electron chi connectivity index (χ1n) is 9.12. The highest BCUT2D eigenvalue weighted by Gasteiger charge is 2.20. The summed E-state index contributed by atoms with van der Waals surface area (Å²) in [6.45, 7) is 1.88. The summed E-state index contributed by atoms with van der Waals surface area (Å²) in [5.41, 5.74) is 15.3. The molecule has 30 heavy (non-hydrogen) atoms. The zero-order chi connectivity index (χ0) is 21.4. The molecule has 4 aromatic heterocycles. The number of nitrogen functional groups attached to an aromatic ring is 2. The second-order valence-corrected chi connectivity index (χ2v) is 6.86. The highest BCUT2D eigenvalue weighted by atomic mass is 16.1. The maximum Gasteiger partial charge on any atom is 0.248 e. The second-order valence-electron chi connectivity index (χ2n) is 6.86. The molecule has 6 N–H and O–H groups in total. The molecule has 4 aromatic rings.